The van der Waals surface area contributed by atoms with Crippen molar-refractivity contribution in [1.82, 2.24) is 14.8 Å². The number of thiophene rings is 1. The van der Waals surface area contributed by atoms with Crippen LogP contribution in [0, 0.1) is 0 Å². The molecule has 0 unspecified atom stereocenters. The normalized spacial score (nSPS) is 19.2. The minimum Gasteiger partial charge on any atom is -0.497 e. The first-order valence-electron chi connectivity index (χ1n) is 9.67. The van der Waals surface area contributed by atoms with Gasteiger partial charge in [0.15, 0.2) is 6.10 Å². The van der Waals surface area contributed by atoms with E-state index in [0.717, 1.165) is 44.7 Å². The van der Waals surface area contributed by atoms with Gasteiger partial charge in [0.25, 0.3) is 0 Å². The van der Waals surface area contributed by atoms with E-state index in [4.69, 9.17) is 9.47 Å². The van der Waals surface area contributed by atoms with Crippen LogP contribution in [-0.4, -0.2) is 21.9 Å². The number of fused-ring (bicyclic) bond motifs is 3. The van der Waals surface area contributed by atoms with Crippen molar-refractivity contribution >= 4 is 23.0 Å². The SMILES string of the molecule is COc1ccc([C@@H]2C3=C(Nc4ncnn42)c2ccccc2O[C@H]3c2cccs2)cc1. The maximum Gasteiger partial charge on any atom is 0.226 e. The maximum absolute atomic E-state index is 6.56. The molecule has 0 spiro atoms. The van der Waals surface area contributed by atoms with Gasteiger partial charge >= 0.3 is 0 Å². The highest BCUT2D eigenvalue weighted by atomic mass is 32.1. The molecular weight excluding hydrogens is 396 g/mol. The number of aromatic nitrogens is 3. The third kappa shape index (κ3) is 2.55. The van der Waals surface area contributed by atoms with E-state index >= 15 is 0 Å². The van der Waals surface area contributed by atoms with E-state index in [9.17, 15) is 0 Å². The first-order valence-corrected chi connectivity index (χ1v) is 10.6. The fraction of sp³-hybridized carbons (Fsp3) is 0.130. The van der Waals surface area contributed by atoms with E-state index in [0.29, 0.717) is 0 Å². The number of methoxy groups -OCH3 is 1. The summed E-state index contributed by atoms with van der Waals surface area (Å²) in [5.74, 6) is 2.40. The van der Waals surface area contributed by atoms with E-state index < -0.39 is 0 Å². The molecule has 0 bridgehead atoms. The van der Waals surface area contributed by atoms with Gasteiger partial charge in [0.2, 0.25) is 5.95 Å². The van der Waals surface area contributed by atoms with Crippen molar-refractivity contribution in [2.24, 2.45) is 0 Å². The number of ether oxygens (including phenoxy) is 2. The van der Waals surface area contributed by atoms with Gasteiger partial charge in [-0.05, 0) is 41.3 Å². The third-order valence-corrected chi connectivity index (χ3v) is 6.47. The lowest BCUT2D eigenvalue weighted by Gasteiger charge is -2.38. The number of hydrogen-bond acceptors (Lipinski definition) is 6. The fourth-order valence-corrected chi connectivity index (χ4v) is 4.97. The molecule has 0 amide bonds. The van der Waals surface area contributed by atoms with Crippen LogP contribution in [0.3, 0.4) is 0 Å². The molecule has 148 valence electrons. The van der Waals surface area contributed by atoms with Gasteiger partial charge < -0.3 is 14.8 Å². The minimum atomic E-state index is -0.216. The molecule has 7 heteroatoms. The topological polar surface area (TPSA) is 61.2 Å². The van der Waals surface area contributed by atoms with E-state index in [2.05, 4.69) is 51.1 Å². The van der Waals surface area contributed by atoms with Crippen molar-refractivity contribution in [3.63, 3.8) is 0 Å². The predicted octanol–water partition coefficient (Wildman–Crippen LogP) is 4.91. The monoisotopic (exact) mass is 414 g/mol. The largest absolute Gasteiger partial charge is 0.497 e. The van der Waals surface area contributed by atoms with Gasteiger partial charge in [0, 0.05) is 16.0 Å². The predicted molar refractivity (Wildman–Crippen MR) is 116 cm³/mol. The van der Waals surface area contributed by atoms with Gasteiger partial charge in [0.1, 0.15) is 23.9 Å². The molecule has 2 aliphatic rings. The van der Waals surface area contributed by atoms with Gasteiger partial charge in [-0.15, -0.1) is 11.3 Å². The van der Waals surface area contributed by atoms with Crippen molar-refractivity contribution in [3.8, 4) is 11.5 Å². The Balaban J connectivity index is 1.61. The average Bonchev–Trinajstić information content (AvgIpc) is 3.49. The second-order valence-corrected chi connectivity index (χ2v) is 8.15. The highest BCUT2D eigenvalue weighted by Crippen LogP contribution is 2.51. The summed E-state index contributed by atoms with van der Waals surface area (Å²) < 4.78 is 13.9. The first kappa shape index (κ1) is 17.3. The van der Waals surface area contributed by atoms with E-state index in [-0.39, 0.29) is 12.1 Å². The summed E-state index contributed by atoms with van der Waals surface area (Å²) in [6.45, 7) is 0. The molecule has 0 saturated heterocycles. The zero-order chi connectivity index (χ0) is 20.1. The molecule has 4 heterocycles. The lowest BCUT2D eigenvalue weighted by Crippen LogP contribution is -2.32. The summed E-state index contributed by atoms with van der Waals surface area (Å²) in [5.41, 5.74) is 4.30. The number of rotatable bonds is 3. The number of para-hydroxylation sites is 1. The smallest absolute Gasteiger partial charge is 0.226 e. The van der Waals surface area contributed by atoms with Crippen LogP contribution < -0.4 is 14.8 Å². The minimum absolute atomic E-state index is 0.148. The van der Waals surface area contributed by atoms with E-state index in [1.807, 2.05) is 35.0 Å². The second-order valence-electron chi connectivity index (χ2n) is 7.17. The molecule has 6 rings (SSSR count). The first-order chi connectivity index (χ1) is 14.8. The van der Waals surface area contributed by atoms with Crippen LogP contribution >= 0.6 is 11.3 Å². The fourth-order valence-electron chi connectivity index (χ4n) is 4.20. The second kappa shape index (κ2) is 6.74. The maximum atomic E-state index is 6.56. The number of nitrogens with zero attached hydrogens (tertiary/aromatic N) is 3. The van der Waals surface area contributed by atoms with Crippen molar-refractivity contribution in [3.05, 3.63) is 93.9 Å². The zero-order valence-electron chi connectivity index (χ0n) is 16.1. The molecule has 0 radical (unpaired) electrons. The van der Waals surface area contributed by atoms with Crippen LogP contribution in [0.25, 0.3) is 5.70 Å². The third-order valence-electron chi connectivity index (χ3n) is 5.55. The van der Waals surface area contributed by atoms with Gasteiger partial charge in [0.05, 0.1) is 12.8 Å². The molecule has 1 N–H and O–H groups in total. The molecule has 4 aromatic rings. The van der Waals surface area contributed by atoms with Crippen molar-refractivity contribution < 1.29 is 9.47 Å². The Morgan fingerprint density at radius 3 is 2.73 bits per heavy atom. The summed E-state index contributed by atoms with van der Waals surface area (Å²) in [6, 6.07) is 20.3. The Morgan fingerprint density at radius 1 is 1.07 bits per heavy atom. The average molecular weight is 414 g/mol. The summed E-state index contributed by atoms with van der Waals surface area (Å²) >= 11 is 1.69. The quantitative estimate of drug-likeness (QED) is 0.516. The molecule has 0 saturated carbocycles. The Bertz CT molecular complexity index is 1240. The van der Waals surface area contributed by atoms with Gasteiger partial charge in [-0.3, -0.25) is 0 Å². The number of anilines is 1. The van der Waals surface area contributed by atoms with E-state index in [1.54, 1.807) is 24.8 Å². The summed E-state index contributed by atoms with van der Waals surface area (Å²) in [7, 11) is 1.68. The van der Waals surface area contributed by atoms with Crippen LogP contribution in [0.4, 0.5) is 5.95 Å². The van der Waals surface area contributed by atoms with E-state index in [1.165, 1.54) is 0 Å². The summed E-state index contributed by atoms with van der Waals surface area (Å²) in [5, 5.41) is 10.1. The van der Waals surface area contributed by atoms with Crippen LogP contribution in [0.1, 0.15) is 28.1 Å². The molecular formula is C23H18N4O2S. The molecule has 2 atom stereocenters. The molecule has 0 aliphatic carbocycles. The Hall–Kier alpha value is -3.58. The van der Waals surface area contributed by atoms with Gasteiger partial charge in [-0.25, -0.2) is 4.68 Å². The van der Waals surface area contributed by atoms with Crippen LogP contribution in [0.15, 0.2) is 77.9 Å². The van der Waals surface area contributed by atoms with Crippen LogP contribution in [0.2, 0.25) is 0 Å². The zero-order valence-corrected chi connectivity index (χ0v) is 17.0. The molecule has 6 nitrogen and oxygen atoms in total. The molecule has 2 aliphatic heterocycles. The van der Waals surface area contributed by atoms with Crippen molar-refractivity contribution in [1.29, 1.82) is 0 Å². The molecule has 2 aromatic heterocycles. The van der Waals surface area contributed by atoms with Crippen molar-refractivity contribution in [2.45, 2.75) is 12.1 Å². The lowest BCUT2D eigenvalue weighted by molar-refractivity contribution is 0.226. The summed E-state index contributed by atoms with van der Waals surface area (Å²) in [6.07, 6.45) is 1.37. The summed E-state index contributed by atoms with van der Waals surface area (Å²) in [4.78, 5) is 5.62. The lowest BCUT2D eigenvalue weighted by atomic mass is 9.86. The Kier molecular flexibility index (Phi) is 3.89. The van der Waals surface area contributed by atoms with Crippen LogP contribution in [-0.2, 0) is 0 Å². The Labute approximate surface area is 177 Å². The van der Waals surface area contributed by atoms with Gasteiger partial charge in [-0.2, -0.15) is 10.1 Å². The number of nitrogens with one attached hydrogen (secondary N) is 1. The van der Waals surface area contributed by atoms with Crippen LogP contribution in [0.5, 0.6) is 11.5 Å². The number of benzene rings is 2. The number of hydrogen-bond donors (Lipinski definition) is 1. The van der Waals surface area contributed by atoms with Gasteiger partial charge in [-0.1, -0.05) is 30.3 Å². The molecule has 2 aromatic carbocycles. The van der Waals surface area contributed by atoms with Crippen molar-refractivity contribution in [2.75, 3.05) is 12.4 Å². The molecule has 30 heavy (non-hydrogen) atoms. The highest BCUT2D eigenvalue weighted by Gasteiger charge is 2.41. The highest BCUT2D eigenvalue weighted by molar-refractivity contribution is 7.10. The molecule has 0 fully saturated rings. The Morgan fingerprint density at radius 2 is 1.93 bits per heavy atom. The standard InChI is InChI=1S/C23H18N4O2S/c1-28-15-10-8-14(9-11-15)21-19-20(26-23-24-13-25-27(21)23)16-5-2-3-6-17(16)29-22(19)18-7-4-12-30-18/h2-13,21-22H,1H3,(H,24,25,26)/t21-,22+/m1/s1.